The highest BCUT2D eigenvalue weighted by molar-refractivity contribution is 5.85. The third kappa shape index (κ3) is 5.20. The summed E-state index contributed by atoms with van der Waals surface area (Å²) in [5.41, 5.74) is 1.31. The van der Waals surface area contributed by atoms with Gasteiger partial charge in [0.05, 0.1) is 13.7 Å². The van der Waals surface area contributed by atoms with Gasteiger partial charge in [-0.3, -0.25) is 4.90 Å². The Morgan fingerprint density at radius 1 is 1.14 bits per heavy atom. The van der Waals surface area contributed by atoms with Crippen LogP contribution in [-0.2, 0) is 0 Å². The van der Waals surface area contributed by atoms with Crippen molar-refractivity contribution in [1.29, 1.82) is 0 Å². The number of nitrogens with zero attached hydrogens (tertiary/aromatic N) is 1. The Bertz CT molecular complexity index is 427. The topological polar surface area (TPSA) is 33.7 Å². The summed E-state index contributed by atoms with van der Waals surface area (Å²) in [7, 11) is 1.70. The van der Waals surface area contributed by atoms with Crippen molar-refractivity contribution < 1.29 is 9.47 Å². The van der Waals surface area contributed by atoms with E-state index in [0.717, 1.165) is 44.1 Å². The summed E-state index contributed by atoms with van der Waals surface area (Å²) in [6, 6.07) is 6.79. The molecular weight excluding hydrogens is 323 g/mol. The Kier molecular flexibility index (Phi) is 10.6. The fourth-order valence-corrected chi connectivity index (χ4v) is 2.86. The van der Waals surface area contributed by atoms with Crippen molar-refractivity contribution in [2.45, 2.75) is 26.3 Å². The van der Waals surface area contributed by atoms with Crippen LogP contribution in [0.15, 0.2) is 18.2 Å². The Morgan fingerprint density at radius 2 is 1.82 bits per heavy atom. The minimum Gasteiger partial charge on any atom is -0.493 e. The molecule has 0 radical (unpaired) electrons. The molecule has 4 nitrogen and oxygen atoms in total. The van der Waals surface area contributed by atoms with Gasteiger partial charge in [0.15, 0.2) is 11.5 Å². The Labute approximate surface area is 146 Å². The zero-order chi connectivity index (χ0) is 14.4. The van der Waals surface area contributed by atoms with E-state index in [2.05, 4.69) is 29.3 Å². The van der Waals surface area contributed by atoms with Gasteiger partial charge in [-0.1, -0.05) is 13.0 Å². The zero-order valence-electron chi connectivity index (χ0n) is 13.6. The van der Waals surface area contributed by atoms with Crippen LogP contribution in [0.2, 0.25) is 0 Å². The van der Waals surface area contributed by atoms with E-state index in [1.54, 1.807) is 7.11 Å². The Hall–Kier alpha value is -0.680. The van der Waals surface area contributed by atoms with Crippen LogP contribution in [0.1, 0.15) is 31.9 Å². The maximum atomic E-state index is 5.59. The molecule has 1 aliphatic heterocycles. The standard InChI is InChI=1S/C16H26N2O2.2ClH/c1-4-14(18-10-8-17-9-11-18)13-6-7-15(20-5-2)16(12-13)19-3;;/h6-7,12,14,17H,4-5,8-11H2,1-3H3;2*1H/t14-;;/m1../s1. The number of hydrogen-bond acceptors (Lipinski definition) is 4. The molecule has 0 aromatic heterocycles. The van der Waals surface area contributed by atoms with Crippen LogP contribution >= 0.6 is 24.8 Å². The molecule has 1 aromatic rings. The molecular formula is C16H28Cl2N2O2. The van der Waals surface area contributed by atoms with Crippen LogP contribution in [0, 0.1) is 0 Å². The summed E-state index contributed by atoms with van der Waals surface area (Å²) >= 11 is 0. The van der Waals surface area contributed by atoms with Gasteiger partial charge in [0.1, 0.15) is 0 Å². The van der Waals surface area contributed by atoms with Crippen LogP contribution < -0.4 is 14.8 Å². The van der Waals surface area contributed by atoms with E-state index in [1.165, 1.54) is 5.56 Å². The molecule has 22 heavy (non-hydrogen) atoms. The second kappa shape index (κ2) is 10.9. The average Bonchev–Trinajstić information content (AvgIpc) is 2.50. The third-order valence-electron chi connectivity index (χ3n) is 3.85. The van der Waals surface area contributed by atoms with E-state index < -0.39 is 0 Å². The third-order valence-corrected chi connectivity index (χ3v) is 3.85. The quantitative estimate of drug-likeness (QED) is 0.853. The maximum absolute atomic E-state index is 5.59. The van der Waals surface area contributed by atoms with Crippen LogP contribution in [0.3, 0.4) is 0 Å². The molecule has 0 aliphatic carbocycles. The second-order valence-corrected chi connectivity index (χ2v) is 5.05. The summed E-state index contributed by atoms with van der Waals surface area (Å²) in [6.45, 7) is 9.25. The normalized spacial score (nSPS) is 16.1. The first kappa shape index (κ1) is 21.3. The Balaban J connectivity index is 0.00000220. The summed E-state index contributed by atoms with van der Waals surface area (Å²) < 4.78 is 11.1. The number of benzene rings is 1. The smallest absolute Gasteiger partial charge is 0.161 e. The van der Waals surface area contributed by atoms with Crippen molar-refractivity contribution in [3.8, 4) is 11.5 Å². The minimum atomic E-state index is 0. The van der Waals surface area contributed by atoms with Gasteiger partial charge in [-0.25, -0.2) is 0 Å². The van der Waals surface area contributed by atoms with Crippen molar-refractivity contribution in [2.75, 3.05) is 39.9 Å². The van der Waals surface area contributed by atoms with Gasteiger partial charge in [0.2, 0.25) is 0 Å². The van der Waals surface area contributed by atoms with Crippen molar-refractivity contribution in [3.63, 3.8) is 0 Å². The number of methoxy groups -OCH3 is 1. The molecule has 1 heterocycles. The molecule has 1 N–H and O–H groups in total. The van der Waals surface area contributed by atoms with E-state index in [9.17, 15) is 0 Å². The predicted octanol–water partition coefficient (Wildman–Crippen LogP) is 3.29. The van der Waals surface area contributed by atoms with Gasteiger partial charge in [-0.2, -0.15) is 0 Å². The van der Waals surface area contributed by atoms with Crippen LogP contribution in [-0.4, -0.2) is 44.8 Å². The second-order valence-electron chi connectivity index (χ2n) is 5.05. The fourth-order valence-electron chi connectivity index (χ4n) is 2.86. The lowest BCUT2D eigenvalue weighted by Gasteiger charge is -2.35. The van der Waals surface area contributed by atoms with Crippen LogP contribution in [0.5, 0.6) is 11.5 Å². The van der Waals surface area contributed by atoms with Gasteiger partial charge in [0.25, 0.3) is 0 Å². The molecule has 1 aromatic carbocycles. The van der Waals surface area contributed by atoms with E-state index in [1.807, 2.05) is 13.0 Å². The lowest BCUT2D eigenvalue weighted by Crippen LogP contribution is -2.45. The van der Waals surface area contributed by atoms with Gasteiger partial charge in [-0.15, -0.1) is 24.8 Å². The molecule has 128 valence electrons. The van der Waals surface area contributed by atoms with E-state index in [4.69, 9.17) is 9.47 Å². The molecule has 2 rings (SSSR count). The average molecular weight is 351 g/mol. The molecule has 0 saturated carbocycles. The highest BCUT2D eigenvalue weighted by atomic mass is 35.5. The van der Waals surface area contributed by atoms with Crippen molar-refractivity contribution in [3.05, 3.63) is 23.8 Å². The first-order valence-corrected chi connectivity index (χ1v) is 7.55. The summed E-state index contributed by atoms with van der Waals surface area (Å²) in [5.74, 6) is 1.66. The number of nitrogens with one attached hydrogen (secondary N) is 1. The largest absolute Gasteiger partial charge is 0.493 e. The summed E-state index contributed by atoms with van der Waals surface area (Å²) in [6.07, 6.45) is 1.11. The number of halogens is 2. The SMILES string of the molecule is CCOc1ccc([C@@H](CC)N2CCNCC2)cc1OC.Cl.Cl. The Morgan fingerprint density at radius 3 is 2.36 bits per heavy atom. The zero-order valence-corrected chi connectivity index (χ0v) is 15.3. The van der Waals surface area contributed by atoms with Crippen molar-refractivity contribution >= 4 is 24.8 Å². The van der Waals surface area contributed by atoms with E-state index in [0.29, 0.717) is 12.6 Å². The fraction of sp³-hybridized carbons (Fsp3) is 0.625. The van der Waals surface area contributed by atoms with Crippen LogP contribution in [0.4, 0.5) is 0 Å². The molecule has 0 bridgehead atoms. The van der Waals surface area contributed by atoms with E-state index >= 15 is 0 Å². The number of ether oxygens (including phenoxy) is 2. The summed E-state index contributed by atoms with van der Waals surface area (Å²) in [4.78, 5) is 2.55. The monoisotopic (exact) mass is 350 g/mol. The number of hydrogen-bond donors (Lipinski definition) is 1. The first-order chi connectivity index (χ1) is 9.80. The molecule has 1 fully saturated rings. The van der Waals surface area contributed by atoms with Crippen molar-refractivity contribution in [2.24, 2.45) is 0 Å². The highest BCUT2D eigenvalue weighted by Crippen LogP contribution is 2.33. The molecule has 0 unspecified atom stereocenters. The summed E-state index contributed by atoms with van der Waals surface area (Å²) in [5, 5.41) is 3.41. The molecule has 0 amide bonds. The molecule has 1 saturated heterocycles. The van der Waals surface area contributed by atoms with Crippen molar-refractivity contribution in [1.82, 2.24) is 10.2 Å². The lowest BCUT2D eigenvalue weighted by atomic mass is 10.0. The molecule has 6 heteroatoms. The van der Waals surface area contributed by atoms with Crippen LogP contribution in [0.25, 0.3) is 0 Å². The van der Waals surface area contributed by atoms with Gasteiger partial charge in [-0.05, 0) is 31.0 Å². The lowest BCUT2D eigenvalue weighted by molar-refractivity contribution is 0.169. The number of piperazine rings is 1. The predicted molar refractivity (Wildman–Crippen MR) is 96.1 cm³/mol. The molecule has 1 atom stereocenters. The minimum absolute atomic E-state index is 0. The van der Waals surface area contributed by atoms with Gasteiger partial charge >= 0.3 is 0 Å². The number of rotatable bonds is 6. The maximum Gasteiger partial charge on any atom is 0.161 e. The molecule has 1 aliphatic rings. The highest BCUT2D eigenvalue weighted by Gasteiger charge is 2.21. The van der Waals surface area contributed by atoms with Gasteiger partial charge < -0.3 is 14.8 Å². The van der Waals surface area contributed by atoms with Gasteiger partial charge in [0, 0.05) is 32.2 Å². The molecule has 0 spiro atoms. The van der Waals surface area contributed by atoms with E-state index in [-0.39, 0.29) is 24.8 Å². The first-order valence-electron chi connectivity index (χ1n) is 7.55.